The van der Waals surface area contributed by atoms with Crippen molar-refractivity contribution < 1.29 is 14.3 Å². The van der Waals surface area contributed by atoms with Crippen LogP contribution >= 0.6 is 0 Å². The van der Waals surface area contributed by atoms with E-state index in [1.807, 2.05) is 20.8 Å². The van der Waals surface area contributed by atoms with Gasteiger partial charge >= 0.3 is 0 Å². The molecule has 1 unspecified atom stereocenters. The molecular formula is C11H24N2O3. The maximum atomic E-state index is 10.6. The Labute approximate surface area is 97.7 Å². The first-order valence-electron chi connectivity index (χ1n) is 5.85. The summed E-state index contributed by atoms with van der Waals surface area (Å²) in [5.41, 5.74) is 5.09. The molecule has 0 aliphatic carbocycles. The monoisotopic (exact) mass is 232 g/mol. The van der Waals surface area contributed by atoms with Crippen molar-refractivity contribution in [3.05, 3.63) is 0 Å². The largest absolute Gasteiger partial charge is 0.370 e. The predicted octanol–water partition coefficient (Wildman–Crippen LogP) is 0.629. The number of hydrogen-bond acceptors (Lipinski definition) is 4. The van der Waals surface area contributed by atoms with Crippen molar-refractivity contribution >= 4 is 5.91 Å². The third-order valence-corrected chi connectivity index (χ3v) is 2.09. The van der Waals surface area contributed by atoms with Crippen molar-refractivity contribution in [2.45, 2.75) is 45.9 Å². The van der Waals surface area contributed by atoms with Gasteiger partial charge in [0.05, 0.1) is 0 Å². The van der Waals surface area contributed by atoms with Gasteiger partial charge in [-0.05, 0) is 20.8 Å². The highest BCUT2D eigenvalue weighted by atomic mass is 16.7. The molecule has 0 fully saturated rings. The second-order valence-electron chi connectivity index (χ2n) is 3.65. The molecular weight excluding hydrogens is 208 g/mol. The first-order valence-corrected chi connectivity index (χ1v) is 5.85. The molecule has 0 heterocycles. The Bertz CT molecular complexity index is 182. The van der Waals surface area contributed by atoms with Crippen molar-refractivity contribution in [2.75, 3.05) is 19.8 Å². The highest BCUT2D eigenvalue weighted by molar-refractivity contribution is 5.74. The maximum absolute atomic E-state index is 10.6. The van der Waals surface area contributed by atoms with Crippen molar-refractivity contribution in [1.29, 1.82) is 0 Å². The number of carbonyl (C=O) groups excluding carboxylic acids is 1. The fourth-order valence-corrected chi connectivity index (χ4v) is 1.41. The maximum Gasteiger partial charge on any atom is 0.218 e. The zero-order valence-electron chi connectivity index (χ0n) is 10.5. The van der Waals surface area contributed by atoms with E-state index in [-0.39, 0.29) is 18.2 Å². The van der Waals surface area contributed by atoms with Crippen molar-refractivity contribution in [3.63, 3.8) is 0 Å². The summed E-state index contributed by atoms with van der Waals surface area (Å²) in [5.74, 6) is -0.286. The van der Waals surface area contributed by atoms with E-state index < -0.39 is 0 Å². The molecule has 0 saturated carbocycles. The lowest BCUT2D eigenvalue weighted by Gasteiger charge is -2.18. The van der Waals surface area contributed by atoms with Gasteiger partial charge in [0, 0.05) is 38.6 Å². The molecule has 0 spiro atoms. The molecule has 96 valence electrons. The Hall–Kier alpha value is -0.650. The van der Waals surface area contributed by atoms with Crippen LogP contribution in [0.25, 0.3) is 0 Å². The summed E-state index contributed by atoms with van der Waals surface area (Å²) in [7, 11) is 0. The summed E-state index contributed by atoms with van der Waals surface area (Å²) in [6.07, 6.45) is 0.960. The third kappa shape index (κ3) is 8.64. The van der Waals surface area contributed by atoms with E-state index in [1.165, 1.54) is 0 Å². The standard InChI is InChI=1S/C11H24N2O3/c1-4-15-11(16-5-2)6-7-13-9(3)8-10(12)14/h9,11,13H,4-8H2,1-3H3,(H2,12,14). The first kappa shape index (κ1) is 15.3. The van der Waals surface area contributed by atoms with Crippen LogP contribution in [-0.2, 0) is 14.3 Å². The van der Waals surface area contributed by atoms with Crippen LogP contribution in [0.1, 0.15) is 33.6 Å². The van der Waals surface area contributed by atoms with Gasteiger partial charge < -0.3 is 20.5 Å². The Morgan fingerprint density at radius 1 is 1.31 bits per heavy atom. The number of ether oxygens (including phenoxy) is 2. The summed E-state index contributed by atoms with van der Waals surface area (Å²) in [6.45, 7) is 7.84. The Morgan fingerprint density at radius 3 is 2.31 bits per heavy atom. The highest BCUT2D eigenvalue weighted by Gasteiger charge is 2.09. The fraction of sp³-hybridized carbons (Fsp3) is 0.909. The molecule has 0 aliphatic rings. The Morgan fingerprint density at radius 2 is 1.88 bits per heavy atom. The molecule has 5 nitrogen and oxygen atoms in total. The molecule has 0 rings (SSSR count). The van der Waals surface area contributed by atoms with Crippen LogP contribution in [0.15, 0.2) is 0 Å². The molecule has 5 heteroatoms. The second-order valence-corrected chi connectivity index (χ2v) is 3.65. The van der Waals surface area contributed by atoms with Gasteiger partial charge in [-0.25, -0.2) is 0 Å². The summed E-state index contributed by atoms with van der Waals surface area (Å²) in [4.78, 5) is 10.6. The van der Waals surface area contributed by atoms with Gasteiger partial charge in [-0.1, -0.05) is 0 Å². The van der Waals surface area contributed by atoms with E-state index in [4.69, 9.17) is 15.2 Å². The van der Waals surface area contributed by atoms with Crippen LogP contribution < -0.4 is 11.1 Å². The van der Waals surface area contributed by atoms with Crippen LogP contribution in [0.4, 0.5) is 0 Å². The average molecular weight is 232 g/mol. The van der Waals surface area contributed by atoms with E-state index in [0.717, 1.165) is 13.0 Å². The molecule has 3 N–H and O–H groups in total. The molecule has 0 aromatic heterocycles. The third-order valence-electron chi connectivity index (χ3n) is 2.09. The number of amides is 1. The second kappa shape index (κ2) is 9.57. The molecule has 0 saturated heterocycles. The van der Waals surface area contributed by atoms with Gasteiger partial charge in [0.1, 0.15) is 0 Å². The minimum absolute atomic E-state index is 0.0985. The number of carbonyl (C=O) groups is 1. The lowest BCUT2D eigenvalue weighted by Crippen LogP contribution is -2.33. The molecule has 0 aromatic rings. The van der Waals surface area contributed by atoms with Crippen molar-refractivity contribution in [3.8, 4) is 0 Å². The first-order chi connectivity index (χ1) is 7.60. The number of hydrogen-bond donors (Lipinski definition) is 2. The van der Waals surface area contributed by atoms with Crippen LogP contribution in [0.5, 0.6) is 0 Å². The topological polar surface area (TPSA) is 73.6 Å². The quantitative estimate of drug-likeness (QED) is 0.542. The lowest BCUT2D eigenvalue weighted by atomic mass is 10.2. The molecule has 1 atom stereocenters. The Balaban J connectivity index is 3.63. The van der Waals surface area contributed by atoms with E-state index >= 15 is 0 Å². The predicted molar refractivity (Wildman–Crippen MR) is 62.9 cm³/mol. The SMILES string of the molecule is CCOC(CCNC(C)CC(N)=O)OCC. The average Bonchev–Trinajstić information content (AvgIpc) is 2.17. The van der Waals surface area contributed by atoms with Crippen LogP contribution in [-0.4, -0.2) is 38.0 Å². The Kier molecular flexibility index (Phi) is 9.18. The fourth-order valence-electron chi connectivity index (χ4n) is 1.41. The number of primary amides is 1. The highest BCUT2D eigenvalue weighted by Crippen LogP contribution is 2.00. The van der Waals surface area contributed by atoms with Crippen LogP contribution in [0.3, 0.4) is 0 Å². The number of nitrogens with two attached hydrogens (primary N) is 1. The molecule has 0 aliphatic heterocycles. The van der Waals surface area contributed by atoms with E-state index in [9.17, 15) is 4.79 Å². The van der Waals surface area contributed by atoms with Crippen LogP contribution in [0.2, 0.25) is 0 Å². The normalized spacial score (nSPS) is 13.0. The van der Waals surface area contributed by atoms with Gasteiger partial charge in [0.15, 0.2) is 6.29 Å². The summed E-state index contributed by atoms with van der Waals surface area (Å²) in [6, 6.07) is 0.0985. The molecule has 0 aromatic carbocycles. The summed E-state index contributed by atoms with van der Waals surface area (Å²) >= 11 is 0. The van der Waals surface area contributed by atoms with E-state index in [2.05, 4.69) is 5.32 Å². The summed E-state index contributed by atoms with van der Waals surface area (Å²) in [5, 5.41) is 3.20. The van der Waals surface area contributed by atoms with E-state index in [1.54, 1.807) is 0 Å². The molecule has 16 heavy (non-hydrogen) atoms. The van der Waals surface area contributed by atoms with Gasteiger partial charge in [0.25, 0.3) is 0 Å². The minimum Gasteiger partial charge on any atom is -0.370 e. The zero-order chi connectivity index (χ0) is 12.4. The van der Waals surface area contributed by atoms with E-state index in [0.29, 0.717) is 19.6 Å². The van der Waals surface area contributed by atoms with Crippen molar-refractivity contribution in [2.24, 2.45) is 5.73 Å². The van der Waals surface area contributed by atoms with Crippen LogP contribution in [0, 0.1) is 0 Å². The molecule has 0 bridgehead atoms. The summed E-state index contributed by atoms with van der Waals surface area (Å²) < 4.78 is 10.8. The van der Waals surface area contributed by atoms with Gasteiger partial charge in [-0.2, -0.15) is 0 Å². The van der Waals surface area contributed by atoms with Gasteiger partial charge in [0.2, 0.25) is 5.91 Å². The smallest absolute Gasteiger partial charge is 0.218 e. The zero-order valence-corrected chi connectivity index (χ0v) is 10.5. The number of rotatable bonds is 10. The molecule has 0 radical (unpaired) electrons. The minimum atomic E-state index is -0.286. The van der Waals surface area contributed by atoms with Crippen molar-refractivity contribution in [1.82, 2.24) is 5.32 Å². The van der Waals surface area contributed by atoms with Gasteiger partial charge in [-0.15, -0.1) is 0 Å². The molecule has 1 amide bonds. The van der Waals surface area contributed by atoms with Gasteiger partial charge in [-0.3, -0.25) is 4.79 Å². The number of nitrogens with one attached hydrogen (secondary N) is 1. The lowest BCUT2D eigenvalue weighted by molar-refractivity contribution is -0.138.